The molecule has 0 radical (unpaired) electrons. The van der Waals surface area contributed by atoms with Crippen LogP contribution in [0.4, 0.5) is 5.69 Å². The average Bonchev–Trinajstić information content (AvgIpc) is 3.47. The van der Waals surface area contributed by atoms with E-state index >= 15 is 0 Å². The first-order valence-electron chi connectivity index (χ1n) is 11.9. The minimum absolute atomic E-state index is 0.155. The fourth-order valence-corrected chi connectivity index (χ4v) is 4.95. The molecule has 2 fully saturated rings. The number of aromatic nitrogens is 2. The van der Waals surface area contributed by atoms with Gasteiger partial charge in [0.05, 0.1) is 31.7 Å². The van der Waals surface area contributed by atoms with Crippen molar-refractivity contribution in [3.8, 4) is 11.5 Å². The van der Waals surface area contributed by atoms with Gasteiger partial charge < -0.3 is 24.3 Å². The number of methoxy groups -OCH3 is 1. The van der Waals surface area contributed by atoms with Gasteiger partial charge in [-0.2, -0.15) is 0 Å². The molecule has 7 nitrogen and oxygen atoms in total. The number of ether oxygens (including phenoxy) is 2. The Balaban J connectivity index is 1.49. The van der Waals surface area contributed by atoms with Crippen molar-refractivity contribution in [2.45, 2.75) is 64.5 Å². The minimum atomic E-state index is 0.155. The Bertz CT molecular complexity index is 877. The summed E-state index contributed by atoms with van der Waals surface area (Å²) in [5, 5.41) is 0. The smallest absolute Gasteiger partial charge is 0.229 e. The Morgan fingerprint density at radius 3 is 2.72 bits per heavy atom. The van der Waals surface area contributed by atoms with Crippen molar-refractivity contribution in [3.05, 3.63) is 36.4 Å². The topological polar surface area (TPSA) is 70.7 Å². The number of piperazine rings is 1. The van der Waals surface area contributed by atoms with Gasteiger partial charge in [0.1, 0.15) is 0 Å². The minimum Gasteiger partial charge on any atom is -0.493 e. The highest BCUT2D eigenvalue weighted by atomic mass is 16.5. The van der Waals surface area contributed by atoms with Crippen LogP contribution in [-0.4, -0.2) is 59.7 Å². The molecule has 1 aromatic heterocycles. The molecule has 1 unspecified atom stereocenters. The van der Waals surface area contributed by atoms with E-state index < -0.39 is 0 Å². The number of nitrogens with one attached hydrogen (secondary N) is 1. The summed E-state index contributed by atoms with van der Waals surface area (Å²) in [5.74, 6) is 2.28. The summed E-state index contributed by atoms with van der Waals surface area (Å²) >= 11 is 0. The third kappa shape index (κ3) is 5.37. The maximum Gasteiger partial charge on any atom is 0.229 e. The number of imidazole rings is 1. The first-order chi connectivity index (χ1) is 15.5. The number of rotatable bonds is 8. The van der Waals surface area contributed by atoms with Gasteiger partial charge in [-0.1, -0.05) is 13.8 Å². The standard InChI is InChI=1S/C25H36N4O3/c1-18(2)12-21-16-28(10-11-29(21)25(30)13-19-15-26-17-27-19)20-8-9-23(31-3)24(14-20)32-22-6-4-5-7-22/h8-9,14-15,17-18,21-22H,4-7,10-13,16H2,1-3H3,(H,26,27). The molecule has 1 aromatic carbocycles. The van der Waals surface area contributed by atoms with Crippen LogP contribution in [0.5, 0.6) is 11.5 Å². The summed E-state index contributed by atoms with van der Waals surface area (Å²) in [7, 11) is 1.69. The number of nitrogens with zero attached hydrogens (tertiary/aromatic N) is 3. The predicted octanol–water partition coefficient (Wildman–Crippen LogP) is 4.05. The fourth-order valence-electron chi connectivity index (χ4n) is 4.95. The summed E-state index contributed by atoms with van der Waals surface area (Å²) < 4.78 is 11.9. The van der Waals surface area contributed by atoms with E-state index in [-0.39, 0.29) is 18.1 Å². The van der Waals surface area contributed by atoms with Crippen LogP contribution in [-0.2, 0) is 11.2 Å². The summed E-state index contributed by atoms with van der Waals surface area (Å²) in [6.07, 6.45) is 9.72. The number of hydrogen-bond donors (Lipinski definition) is 1. The van der Waals surface area contributed by atoms with Crippen LogP contribution in [0.3, 0.4) is 0 Å². The Hall–Kier alpha value is -2.70. The lowest BCUT2D eigenvalue weighted by atomic mass is 9.99. The van der Waals surface area contributed by atoms with E-state index in [9.17, 15) is 4.79 Å². The molecule has 1 aliphatic carbocycles. The second-order valence-corrected chi connectivity index (χ2v) is 9.41. The Kier molecular flexibility index (Phi) is 7.22. The summed E-state index contributed by atoms with van der Waals surface area (Å²) in [5.41, 5.74) is 1.93. The van der Waals surface area contributed by atoms with Crippen LogP contribution in [0.2, 0.25) is 0 Å². The number of amides is 1. The quantitative estimate of drug-likeness (QED) is 0.671. The molecule has 2 heterocycles. The number of benzene rings is 1. The number of carbonyl (C=O) groups is 1. The summed E-state index contributed by atoms with van der Waals surface area (Å²) in [6, 6.07) is 6.40. The number of aromatic amines is 1. The van der Waals surface area contributed by atoms with Crippen molar-refractivity contribution in [1.82, 2.24) is 14.9 Å². The lowest BCUT2D eigenvalue weighted by Gasteiger charge is -2.43. The Labute approximate surface area is 191 Å². The number of anilines is 1. The SMILES string of the molecule is COc1ccc(N2CCN(C(=O)Cc3c[nH]cn3)C(CC(C)C)C2)cc1OC1CCCC1. The first-order valence-corrected chi connectivity index (χ1v) is 11.9. The van der Waals surface area contributed by atoms with E-state index in [1.165, 1.54) is 12.8 Å². The van der Waals surface area contributed by atoms with E-state index in [1.807, 2.05) is 6.07 Å². The number of carbonyl (C=O) groups excluding carboxylic acids is 1. The van der Waals surface area contributed by atoms with Gasteiger partial charge in [-0.05, 0) is 50.2 Å². The van der Waals surface area contributed by atoms with Gasteiger partial charge in [-0.15, -0.1) is 0 Å². The Morgan fingerprint density at radius 2 is 2.03 bits per heavy atom. The van der Waals surface area contributed by atoms with Crippen LogP contribution in [0.25, 0.3) is 0 Å². The molecule has 1 amide bonds. The molecule has 1 saturated carbocycles. The van der Waals surface area contributed by atoms with Crippen LogP contribution in [0.1, 0.15) is 51.6 Å². The van der Waals surface area contributed by atoms with Gasteiger partial charge in [0.25, 0.3) is 0 Å². The average molecular weight is 441 g/mol. The molecular formula is C25H36N4O3. The second kappa shape index (κ2) is 10.3. The lowest BCUT2D eigenvalue weighted by Crippen LogP contribution is -2.56. The number of H-pyrrole nitrogens is 1. The van der Waals surface area contributed by atoms with Crippen molar-refractivity contribution in [1.29, 1.82) is 0 Å². The monoisotopic (exact) mass is 440 g/mol. The second-order valence-electron chi connectivity index (χ2n) is 9.41. The van der Waals surface area contributed by atoms with Gasteiger partial charge >= 0.3 is 0 Å². The molecule has 7 heteroatoms. The fraction of sp³-hybridized carbons (Fsp3) is 0.600. The van der Waals surface area contributed by atoms with E-state index in [1.54, 1.807) is 19.6 Å². The van der Waals surface area contributed by atoms with Crippen LogP contribution in [0, 0.1) is 5.92 Å². The van der Waals surface area contributed by atoms with E-state index in [2.05, 4.69) is 45.7 Å². The first kappa shape index (κ1) is 22.5. The van der Waals surface area contributed by atoms with Crippen LogP contribution >= 0.6 is 0 Å². The molecule has 4 rings (SSSR count). The highest BCUT2D eigenvalue weighted by Crippen LogP contribution is 2.36. The van der Waals surface area contributed by atoms with Crippen molar-refractivity contribution < 1.29 is 14.3 Å². The maximum absolute atomic E-state index is 13.0. The van der Waals surface area contributed by atoms with Crippen molar-refractivity contribution in [3.63, 3.8) is 0 Å². The molecule has 174 valence electrons. The summed E-state index contributed by atoms with van der Waals surface area (Å²) in [4.78, 5) is 24.7. The van der Waals surface area contributed by atoms with Crippen LogP contribution < -0.4 is 14.4 Å². The van der Waals surface area contributed by atoms with Crippen molar-refractivity contribution in [2.24, 2.45) is 5.92 Å². The van der Waals surface area contributed by atoms with Gasteiger partial charge in [0.15, 0.2) is 11.5 Å². The molecule has 32 heavy (non-hydrogen) atoms. The van der Waals surface area contributed by atoms with Crippen molar-refractivity contribution >= 4 is 11.6 Å². The van der Waals surface area contributed by atoms with Gasteiger partial charge in [-0.3, -0.25) is 4.79 Å². The third-order valence-electron chi connectivity index (χ3n) is 6.54. The molecule has 0 bridgehead atoms. The normalized spacial score (nSPS) is 19.6. The van der Waals surface area contributed by atoms with E-state index in [4.69, 9.17) is 9.47 Å². The third-order valence-corrected chi connectivity index (χ3v) is 6.54. The van der Waals surface area contributed by atoms with E-state index in [0.717, 1.165) is 55.2 Å². The van der Waals surface area contributed by atoms with Gasteiger partial charge in [0, 0.05) is 43.6 Å². The summed E-state index contributed by atoms with van der Waals surface area (Å²) in [6.45, 7) is 6.77. The molecule has 2 aromatic rings. The molecule has 0 spiro atoms. The van der Waals surface area contributed by atoms with Gasteiger partial charge in [0.2, 0.25) is 5.91 Å². The predicted molar refractivity (Wildman–Crippen MR) is 125 cm³/mol. The molecule has 1 N–H and O–H groups in total. The molecule has 1 atom stereocenters. The molecule has 1 aliphatic heterocycles. The highest BCUT2D eigenvalue weighted by molar-refractivity contribution is 5.79. The van der Waals surface area contributed by atoms with Crippen LogP contribution in [0.15, 0.2) is 30.7 Å². The van der Waals surface area contributed by atoms with E-state index in [0.29, 0.717) is 18.9 Å². The molecule has 1 saturated heterocycles. The molecule has 2 aliphatic rings. The Morgan fingerprint density at radius 1 is 1.22 bits per heavy atom. The highest BCUT2D eigenvalue weighted by Gasteiger charge is 2.31. The largest absolute Gasteiger partial charge is 0.493 e. The van der Waals surface area contributed by atoms with Crippen molar-refractivity contribution in [2.75, 3.05) is 31.6 Å². The molecular weight excluding hydrogens is 404 g/mol. The number of hydrogen-bond acceptors (Lipinski definition) is 5. The maximum atomic E-state index is 13.0. The zero-order valence-electron chi connectivity index (χ0n) is 19.5. The zero-order valence-corrected chi connectivity index (χ0v) is 19.5. The lowest BCUT2D eigenvalue weighted by molar-refractivity contribution is -0.133. The zero-order chi connectivity index (χ0) is 22.5. The van der Waals surface area contributed by atoms with Gasteiger partial charge in [-0.25, -0.2) is 4.98 Å².